The molecule has 1 aromatic carbocycles. The van der Waals surface area contributed by atoms with Crippen LogP contribution in [0.1, 0.15) is 11.1 Å². The lowest BCUT2D eigenvalue weighted by Crippen LogP contribution is -2.17. The van der Waals surface area contributed by atoms with Crippen LogP contribution in [-0.4, -0.2) is 26.7 Å². The van der Waals surface area contributed by atoms with Gasteiger partial charge in [-0.05, 0) is 34.6 Å². The van der Waals surface area contributed by atoms with Gasteiger partial charge in [-0.3, -0.25) is 19.7 Å². The van der Waals surface area contributed by atoms with Crippen LogP contribution in [0.25, 0.3) is 0 Å². The van der Waals surface area contributed by atoms with Gasteiger partial charge >= 0.3 is 0 Å². The zero-order valence-corrected chi connectivity index (χ0v) is 12.9. The number of hydrogen-bond donors (Lipinski definition) is 0. The summed E-state index contributed by atoms with van der Waals surface area (Å²) in [6.07, 6.45) is 3.78. The fourth-order valence-electron chi connectivity index (χ4n) is 2.03. The topological polar surface area (TPSA) is 64.2 Å². The number of aryl methyl sites for hydroxylation is 1. The summed E-state index contributed by atoms with van der Waals surface area (Å²) in [4.78, 5) is 12.6. The largest absolute Gasteiger partial charge is 0.298 e. The van der Waals surface area contributed by atoms with Gasteiger partial charge in [-0.25, -0.2) is 0 Å². The number of aromatic nitrogens is 2. The summed E-state index contributed by atoms with van der Waals surface area (Å²) in [6.45, 7) is 1.39. The fraction of sp³-hybridized carbons (Fsp3) is 0.308. The van der Waals surface area contributed by atoms with E-state index in [1.165, 1.54) is 0 Å². The minimum absolute atomic E-state index is 0.0947. The van der Waals surface area contributed by atoms with Crippen molar-refractivity contribution in [3.05, 3.63) is 56.3 Å². The number of nitro benzene ring substituents is 1. The van der Waals surface area contributed by atoms with E-state index in [0.29, 0.717) is 11.0 Å². The van der Waals surface area contributed by atoms with E-state index in [1.807, 2.05) is 32.6 Å². The summed E-state index contributed by atoms with van der Waals surface area (Å²) in [5.74, 6) is 0. The van der Waals surface area contributed by atoms with Crippen molar-refractivity contribution in [2.24, 2.45) is 7.05 Å². The molecule has 1 heterocycles. The summed E-state index contributed by atoms with van der Waals surface area (Å²) in [5, 5.41) is 15.0. The molecule has 0 atom stereocenters. The third-order valence-corrected chi connectivity index (χ3v) is 3.54. The van der Waals surface area contributed by atoms with E-state index in [0.717, 1.165) is 17.7 Å². The molecular weight excluding hydrogens is 324 g/mol. The Hall–Kier alpha value is -1.73. The number of halogens is 1. The van der Waals surface area contributed by atoms with E-state index in [4.69, 9.17) is 0 Å². The molecule has 2 aromatic rings. The highest BCUT2D eigenvalue weighted by atomic mass is 79.9. The maximum atomic E-state index is 10.9. The molecule has 0 saturated carbocycles. The molecular formula is C13H15BrN4O2. The van der Waals surface area contributed by atoms with Gasteiger partial charge in [-0.2, -0.15) is 5.10 Å². The van der Waals surface area contributed by atoms with Gasteiger partial charge in [0.2, 0.25) is 0 Å². The molecule has 0 fully saturated rings. The number of hydrogen-bond acceptors (Lipinski definition) is 4. The molecule has 7 heteroatoms. The Bertz CT molecular complexity index is 627. The van der Waals surface area contributed by atoms with Gasteiger partial charge < -0.3 is 0 Å². The third kappa shape index (κ3) is 3.64. The van der Waals surface area contributed by atoms with Crippen LogP contribution in [0, 0.1) is 10.1 Å². The van der Waals surface area contributed by atoms with Crippen LogP contribution < -0.4 is 0 Å². The number of nitro groups is 1. The van der Waals surface area contributed by atoms with Gasteiger partial charge in [0.25, 0.3) is 5.69 Å². The van der Waals surface area contributed by atoms with Crippen molar-refractivity contribution < 1.29 is 4.92 Å². The molecule has 0 unspecified atom stereocenters. The van der Waals surface area contributed by atoms with Crippen LogP contribution >= 0.6 is 15.9 Å². The molecule has 1 aromatic heterocycles. The molecule has 0 spiro atoms. The predicted molar refractivity (Wildman–Crippen MR) is 79.2 cm³/mol. The van der Waals surface area contributed by atoms with Crippen molar-refractivity contribution in [1.82, 2.24) is 14.7 Å². The first-order chi connectivity index (χ1) is 9.45. The Balaban J connectivity index is 2.06. The van der Waals surface area contributed by atoms with Crippen molar-refractivity contribution in [2.75, 3.05) is 7.05 Å². The molecule has 0 aliphatic heterocycles. The minimum atomic E-state index is -0.380. The average molecular weight is 339 g/mol. The Morgan fingerprint density at radius 1 is 1.40 bits per heavy atom. The maximum Gasteiger partial charge on any atom is 0.283 e. The average Bonchev–Trinajstić information content (AvgIpc) is 2.76. The van der Waals surface area contributed by atoms with Gasteiger partial charge in [-0.1, -0.05) is 6.07 Å². The predicted octanol–water partition coefficient (Wildman–Crippen LogP) is 2.72. The summed E-state index contributed by atoms with van der Waals surface area (Å²) < 4.78 is 2.26. The van der Waals surface area contributed by atoms with Crippen LogP contribution in [0.3, 0.4) is 0 Å². The van der Waals surface area contributed by atoms with Crippen molar-refractivity contribution in [2.45, 2.75) is 13.1 Å². The molecule has 6 nitrogen and oxygen atoms in total. The second-order valence-electron chi connectivity index (χ2n) is 4.74. The Morgan fingerprint density at radius 3 is 2.70 bits per heavy atom. The van der Waals surface area contributed by atoms with Gasteiger partial charge in [0.1, 0.15) is 0 Å². The molecule has 0 saturated heterocycles. The molecule has 0 bridgehead atoms. The Morgan fingerprint density at radius 2 is 2.10 bits per heavy atom. The minimum Gasteiger partial charge on any atom is -0.298 e. The molecule has 0 aliphatic carbocycles. The summed E-state index contributed by atoms with van der Waals surface area (Å²) in [7, 11) is 3.85. The van der Waals surface area contributed by atoms with Gasteiger partial charge in [0, 0.05) is 38.0 Å². The number of nitrogens with zero attached hydrogens (tertiary/aromatic N) is 4. The SMILES string of the molecule is CN(Cc1ccc(Br)c([N+](=O)[O-])c1)Cc1cnn(C)c1. The second-order valence-corrected chi connectivity index (χ2v) is 5.59. The molecule has 106 valence electrons. The lowest BCUT2D eigenvalue weighted by Gasteiger charge is -2.15. The molecule has 0 amide bonds. The summed E-state index contributed by atoms with van der Waals surface area (Å²) in [5.41, 5.74) is 2.12. The van der Waals surface area contributed by atoms with E-state index in [2.05, 4.69) is 25.9 Å². The molecule has 0 aliphatic rings. The van der Waals surface area contributed by atoms with Crippen LogP contribution in [0.15, 0.2) is 35.1 Å². The van der Waals surface area contributed by atoms with Crippen molar-refractivity contribution >= 4 is 21.6 Å². The van der Waals surface area contributed by atoms with E-state index in [9.17, 15) is 10.1 Å². The monoisotopic (exact) mass is 338 g/mol. The smallest absolute Gasteiger partial charge is 0.283 e. The highest BCUT2D eigenvalue weighted by molar-refractivity contribution is 9.10. The van der Waals surface area contributed by atoms with E-state index in [-0.39, 0.29) is 10.6 Å². The highest BCUT2D eigenvalue weighted by Crippen LogP contribution is 2.26. The van der Waals surface area contributed by atoms with Crippen LogP contribution in [0.2, 0.25) is 0 Å². The van der Waals surface area contributed by atoms with Crippen molar-refractivity contribution in [3.63, 3.8) is 0 Å². The third-order valence-electron chi connectivity index (χ3n) is 2.87. The van der Waals surface area contributed by atoms with Gasteiger partial charge in [0.15, 0.2) is 0 Å². The zero-order valence-electron chi connectivity index (χ0n) is 11.3. The first-order valence-electron chi connectivity index (χ1n) is 6.04. The van der Waals surface area contributed by atoms with Gasteiger partial charge in [-0.15, -0.1) is 0 Å². The normalized spacial score (nSPS) is 11.0. The van der Waals surface area contributed by atoms with Crippen LogP contribution in [-0.2, 0) is 20.1 Å². The lowest BCUT2D eigenvalue weighted by molar-refractivity contribution is -0.385. The highest BCUT2D eigenvalue weighted by Gasteiger charge is 2.13. The Kier molecular flexibility index (Phi) is 4.51. The standard InChI is InChI=1S/C13H15BrN4O2/c1-16(8-11-6-15-17(2)9-11)7-10-3-4-12(14)13(5-10)18(19)20/h3-6,9H,7-8H2,1-2H3. The number of benzene rings is 1. The number of rotatable bonds is 5. The second kappa shape index (κ2) is 6.15. The summed E-state index contributed by atoms with van der Waals surface area (Å²) in [6, 6.07) is 5.20. The quantitative estimate of drug-likeness (QED) is 0.621. The maximum absolute atomic E-state index is 10.9. The zero-order chi connectivity index (χ0) is 14.7. The first-order valence-corrected chi connectivity index (χ1v) is 6.84. The van der Waals surface area contributed by atoms with Crippen molar-refractivity contribution in [1.29, 1.82) is 0 Å². The fourth-order valence-corrected chi connectivity index (χ4v) is 2.42. The Labute approximate surface area is 125 Å². The lowest BCUT2D eigenvalue weighted by atomic mass is 10.2. The van der Waals surface area contributed by atoms with Crippen LogP contribution in [0.4, 0.5) is 5.69 Å². The van der Waals surface area contributed by atoms with Crippen LogP contribution in [0.5, 0.6) is 0 Å². The molecule has 0 N–H and O–H groups in total. The van der Waals surface area contributed by atoms with Gasteiger partial charge in [0.05, 0.1) is 15.6 Å². The van der Waals surface area contributed by atoms with E-state index in [1.54, 1.807) is 16.8 Å². The molecule has 0 radical (unpaired) electrons. The van der Waals surface area contributed by atoms with Crippen molar-refractivity contribution in [3.8, 4) is 0 Å². The molecule has 20 heavy (non-hydrogen) atoms. The first kappa shape index (κ1) is 14.7. The van der Waals surface area contributed by atoms with E-state index < -0.39 is 0 Å². The van der Waals surface area contributed by atoms with E-state index >= 15 is 0 Å². The summed E-state index contributed by atoms with van der Waals surface area (Å²) >= 11 is 3.19. The molecule has 2 rings (SSSR count).